The van der Waals surface area contributed by atoms with Gasteiger partial charge in [0.1, 0.15) is 11.4 Å². The van der Waals surface area contributed by atoms with E-state index in [4.69, 9.17) is 5.11 Å². The van der Waals surface area contributed by atoms with E-state index in [0.29, 0.717) is 6.42 Å². The molecule has 0 radical (unpaired) electrons. The van der Waals surface area contributed by atoms with Crippen LogP contribution in [0.1, 0.15) is 23.7 Å². The van der Waals surface area contributed by atoms with Crippen molar-refractivity contribution in [2.75, 3.05) is 16.8 Å². The predicted octanol–water partition coefficient (Wildman–Crippen LogP) is 0.769. The number of carboxylic acids is 1. The average molecular weight is 270 g/mol. The zero-order valence-electron chi connectivity index (χ0n) is 9.88. The van der Waals surface area contributed by atoms with E-state index in [0.717, 1.165) is 0 Å². The third kappa shape index (κ3) is 2.61. The van der Waals surface area contributed by atoms with Gasteiger partial charge in [0.25, 0.3) is 0 Å². The Morgan fingerprint density at radius 1 is 1.56 bits per heavy atom. The molecule has 0 saturated carbocycles. The van der Waals surface area contributed by atoms with Crippen LogP contribution in [0.2, 0.25) is 0 Å². The minimum Gasteiger partial charge on any atom is -0.478 e. The Balaban J connectivity index is 2.28. The number of carbonyl (C=O) groups is 1. The van der Waals surface area contributed by atoms with Gasteiger partial charge in [-0.1, -0.05) is 0 Å². The van der Waals surface area contributed by atoms with Gasteiger partial charge < -0.3 is 10.4 Å². The van der Waals surface area contributed by atoms with Gasteiger partial charge in [-0.2, -0.15) is 0 Å². The van der Waals surface area contributed by atoms with Crippen molar-refractivity contribution in [2.45, 2.75) is 18.9 Å². The molecule has 0 spiro atoms. The van der Waals surface area contributed by atoms with Gasteiger partial charge in [-0.25, -0.2) is 18.2 Å². The van der Waals surface area contributed by atoms with E-state index in [-0.39, 0.29) is 22.9 Å². The van der Waals surface area contributed by atoms with Crippen molar-refractivity contribution in [1.82, 2.24) is 4.98 Å². The molecule has 1 unspecified atom stereocenters. The SMILES string of the molecule is CC1(Nc2ncccc2C(=O)O)CCS(=O)(=O)C1. The van der Waals surface area contributed by atoms with Crippen molar-refractivity contribution in [3.63, 3.8) is 0 Å². The minimum atomic E-state index is -3.04. The van der Waals surface area contributed by atoms with Gasteiger partial charge in [-0.3, -0.25) is 0 Å². The molecule has 0 aromatic carbocycles. The van der Waals surface area contributed by atoms with E-state index in [1.54, 1.807) is 6.92 Å². The molecule has 6 nitrogen and oxygen atoms in total. The average Bonchev–Trinajstić information content (AvgIpc) is 2.53. The monoisotopic (exact) mass is 270 g/mol. The highest BCUT2D eigenvalue weighted by Crippen LogP contribution is 2.27. The number of pyridine rings is 1. The van der Waals surface area contributed by atoms with Crippen molar-refractivity contribution in [3.8, 4) is 0 Å². The summed E-state index contributed by atoms with van der Waals surface area (Å²) in [7, 11) is -3.04. The Bertz CT molecular complexity index is 584. The van der Waals surface area contributed by atoms with Crippen LogP contribution < -0.4 is 5.32 Å². The van der Waals surface area contributed by atoms with Crippen LogP contribution in [0.3, 0.4) is 0 Å². The van der Waals surface area contributed by atoms with Crippen LogP contribution in [-0.2, 0) is 9.84 Å². The van der Waals surface area contributed by atoms with Gasteiger partial charge in [0.15, 0.2) is 9.84 Å². The second kappa shape index (κ2) is 4.24. The summed E-state index contributed by atoms with van der Waals surface area (Å²) < 4.78 is 23.0. The summed E-state index contributed by atoms with van der Waals surface area (Å²) in [6.45, 7) is 1.76. The fourth-order valence-electron chi connectivity index (χ4n) is 2.07. The molecular formula is C11H14N2O4S. The molecule has 1 atom stereocenters. The number of hydrogen-bond acceptors (Lipinski definition) is 5. The summed E-state index contributed by atoms with van der Waals surface area (Å²) in [6, 6.07) is 2.97. The molecule has 2 heterocycles. The first kappa shape index (κ1) is 12.8. The first-order valence-electron chi connectivity index (χ1n) is 5.48. The normalized spacial score (nSPS) is 25.8. The quantitative estimate of drug-likeness (QED) is 0.842. The highest BCUT2D eigenvalue weighted by atomic mass is 32.2. The number of carboxylic acid groups (broad SMARTS) is 1. The maximum atomic E-state index is 11.5. The first-order valence-corrected chi connectivity index (χ1v) is 7.30. The van der Waals surface area contributed by atoms with Crippen LogP contribution >= 0.6 is 0 Å². The highest BCUT2D eigenvalue weighted by molar-refractivity contribution is 7.91. The van der Waals surface area contributed by atoms with E-state index < -0.39 is 21.3 Å². The standard InChI is InChI=1S/C11H14N2O4S/c1-11(4-6-18(16,17)7-11)13-9-8(10(14)15)3-2-5-12-9/h2-3,5H,4,6-7H2,1H3,(H,12,13)(H,14,15). The third-order valence-corrected chi connectivity index (χ3v) is 4.86. The summed E-state index contributed by atoms with van der Waals surface area (Å²) in [5.41, 5.74) is -0.611. The van der Waals surface area contributed by atoms with Crippen LogP contribution in [0.15, 0.2) is 18.3 Å². The van der Waals surface area contributed by atoms with E-state index in [1.807, 2.05) is 0 Å². The minimum absolute atomic E-state index is 0.00433. The lowest BCUT2D eigenvalue weighted by Gasteiger charge is -2.25. The van der Waals surface area contributed by atoms with Crippen LogP contribution in [0.5, 0.6) is 0 Å². The van der Waals surface area contributed by atoms with E-state index in [1.165, 1.54) is 18.3 Å². The van der Waals surface area contributed by atoms with Gasteiger partial charge in [-0.05, 0) is 25.5 Å². The lowest BCUT2D eigenvalue weighted by Crippen LogP contribution is -2.36. The second-order valence-corrected chi connectivity index (χ2v) is 6.92. The molecule has 18 heavy (non-hydrogen) atoms. The molecule has 0 aliphatic carbocycles. The molecule has 1 saturated heterocycles. The largest absolute Gasteiger partial charge is 0.478 e. The van der Waals surface area contributed by atoms with Gasteiger partial charge >= 0.3 is 5.97 Å². The van der Waals surface area contributed by atoms with Crippen LogP contribution in [-0.4, -0.2) is 41.5 Å². The van der Waals surface area contributed by atoms with E-state index in [2.05, 4.69) is 10.3 Å². The zero-order valence-corrected chi connectivity index (χ0v) is 10.7. The molecule has 2 rings (SSSR count). The summed E-state index contributed by atoms with van der Waals surface area (Å²) in [5, 5.41) is 12.0. The smallest absolute Gasteiger partial charge is 0.339 e. The summed E-state index contributed by atoms with van der Waals surface area (Å²) in [6.07, 6.45) is 1.92. The summed E-state index contributed by atoms with van der Waals surface area (Å²) in [5.74, 6) is -0.763. The Labute approximate surface area is 105 Å². The van der Waals surface area contributed by atoms with Crippen molar-refractivity contribution >= 4 is 21.6 Å². The number of sulfone groups is 1. The number of nitrogens with zero attached hydrogens (tertiary/aromatic N) is 1. The number of nitrogens with one attached hydrogen (secondary N) is 1. The first-order chi connectivity index (χ1) is 8.31. The fourth-order valence-corrected chi connectivity index (χ4v) is 4.17. The zero-order chi connectivity index (χ0) is 13.4. The summed E-state index contributed by atoms with van der Waals surface area (Å²) in [4.78, 5) is 15.0. The molecule has 1 aromatic heterocycles. The van der Waals surface area contributed by atoms with E-state index in [9.17, 15) is 13.2 Å². The number of rotatable bonds is 3. The van der Waals surface area contributed by atoms with Crippen molar-refractivity contribution in [1.29, 1.82) is 0 Å². The number of aromatic nitrogens is 1. The number of hydrogen-bond donors (Lipinski definition) is 2. The van der Waals surface area contributed by atoms with Crippen molar-refractivity contribution in [2.24, 2.45) is 0 Å². The van der Waals surface area contributed by atoms with Gasteiger partial charge in [0.05, 0.1) is 17.0 Å². The lowest BCUT2D eigenvalue weighted by atomic mass is 10.0. The Morgan fingerprint density at radius 3 is 2.83 bits per heavy atom. The third-order valence-electron chi connectivity index (χ3n) is 2.96. The topological polar surface area (TPSA) is 96.4 Å². The maximum Gasteiger partial charge on any atom is 0.339 e. The van der Waals surface area contributed by atoms with Gasteiger partial charge in [-0.15, -0.1) is 0 Å². The van der Waals surface area contributed by atoms with Gasteiger partial charge in [0.2, 0.25) is 0 Å². The molecule has 1 aliphatic rings. The Morgan fingerprint density at radius 2 is 2.28 bits per heavy atom. The van der Waals surface area contributed by atoms with Crippen LogP contribution in [0.4, 0.5) is 5.82 Å². The van der Waals surface area contributed by atoms with Gasteiger partial charge in [0, 0.05) is 6.20 Å². The molecular weight excluding hydrogens is 256 g/mol. The van der Waals surface area contributed by atoms with Crippen LogP contribution in [0, 0.1) is 0 Å². The Kier molecular flexibility index (Phi) is 3.02. The lowest BCUT2D eigenvalue weighted by molar-refractivity contribution is 0.0697. The van der Waals surface area contributed by atoms with Crippen LogP contribution in [0.25, 0.3) is 0 Å². The molecule has 98 valence electrons. The second-order valence-electron chi connectivity index (χ2n) is 4.73. The summed E-state index contributed by atoms with van der Waals surface area (Å²) >= 11 is 0. The molecule has 1 fully saturated rings. The van der Waals surface area contributed by atoms with Crippen molar-refractivity contribution in [3.05, 3.63) is 23.9 Å². The molecule has 0 bridgehead atoms. The number of anilines is 1. The van der Waals surface area contributed by atoms with E-state index >= 15 is 0 Å². The van der Waals surface area contributed by atoms with Crippen molar-refractivity contribution < 1.29 is 18.3 Å². The molecule has 2 N–H and O–H groups in total. The number of aromatic carboxylic acids is 1. The maximum absolute atomic E-state index is 11.5. The highest BCUT2D eigenvalue weighted by Gasteiger charge is 2.39. The molecule has 1 aliphatic heterocycles. The predicted molar refractivity (Wildman–Crippen MR) is 66.5 cm³/mol. The molecule has 1 aromatic rings. The molecule has 0 amide bonds. The molecule has 7 heteroatoms. The Hall–Kier alpha value is -1.63. The fraction of sp³-hybridized carbons (Fsp3) is 0.455.